The molecule has 2 aromatic heterocycles. The molecule has 0 bridgehead atoms. The van der Waals surface area contributed by atoms with E-state index in [1.54, 1.807) is 36.8 Å². The van der Waals surface area contributed by atoms with Gasteiger partial charge in [-0.15, -0.1) is 11.3 Å². The SMILES string of the molecule is COc1ccc(C(=O)Cc2csc3nc4cc(C(N)=O)ccc4c(=O)n23)cc1. The number of hydrogen-bond donors (Lipinski definition) is 1. The van der Waals surface area contributed by atoms with Crippen LogP contribution in [0, 0.1) is 0 Å². The van der Waals surface area contributed by atoms with E-state index in [1.165, 1.54) is 33.9 Å². The van der Waals surface area contributed by atoms with Crippen LogP contribution in [0.3, 0.4) is 0 Å². The van der Waals surface area contributed by atoms with Crippen LogP contribution >= 0.6 is 11.3 Å². The van der Waals surface area contributed by atoms with E-state index in [1.807, 2.05) is 0 Å². The van der Waals surface area contributed by atoms with Gasteiger partial charge in [-0.3, -0.25) is 18.8 Å². The van der Waals surface area contributed by atoms with Crippen molar-refractivity contribution in [3.05, 3.63) is 75.0 Å². The first-order valence-corrected chi connectivity index (χ1v) is 9.26. The van der Waals surface area contributed by atoms with Crippen LogP contribution in [0.1, 0.15) is 26.4 Å². The molecule has 4 aromatic rings. The van der Waals surface area contributed by atoms with E-state index in [0.29, 0.717) is 32.9 Å². The molecule has 0 aliphatic heterocycles. The third-order valence-corrected chi connectivity index (χ3v) is 5.34. The molecule has 2 aromatic carbocycles. The lowest BCUT2D eigenvalue weighted by atomic mass is 10.1. The summed E-state index contributed by atoms with van der Waals surface area (Å²) in [6, 6.07) is 11.3. The minimum atomic E-state index is -0.583. The minimum Gasteiger partial charge on any atom is -0.497 e. The normalized spacial score (nSPS) is 11.0. The fourth-order valence-electron chi connectivity index (χ4n) is 2.99. The lowest BCUT2D eigenvalue weighted by molar-refractivity contribution is 0.0986. The summed E-state index contributed by atoms with van der Waals surface area (Å²) in [4.78, 5) is 41.8. The van der Waals surface area contributed by atoms with Crippen LogP contribution in [0.2, 0.25) is 0 Å². The van der Waals surface area contributed by atoms with Crippen molar-refractivity contribution in [2.45, 2.75) is 6.42 Å². The fourth-order valence-corrected chi connectivity index (χ4v) is 3.88. The Morgan fingerprint density at radius 1 is 1.14 bits per heavy atom. The first kappa shape index (κ1) is 17.9. The molecule has 0 aliphatic rings. The molecule has 0 saturated carbocycles. The number of fused-ring (bicyclic) bond motifs is 2. The maximum Gasteiger partial charge on any atom is 0.266 e. The second kappa shape index (κ2) is 6.90. The summed E-state index contributed by atoms with van der Waals surface area (Å²) in [5.74, 6) is -0.0287. The van der Waals surface area contributed by atoms with Crippen molar-refractivity contribution in [1.29, 1.82) is 0 Å². The van der Waals surface area contributed by atoms with Crippen molar-refractivity contribution in [1.82, 2.24) is 9.38 Å². The Labute approximate surface area is 163 Å². The minimum absolute atomic E-state index is 0.0682. The standard InChI is InChI=1S/C20H15N3O4S/c1-27-14-5-2-11(3-6-14)17(24)9-13-10-28-20-22-16-8-12(18(21)25)4-7-15(16)19(26)23(13)20/h2-8,10H,9H2,1H3,(H2,21,25). The smallest absolute Gasteiger partial charge is 0.266 e. The lowest BCUT2D eigenvalue weighted by Crippen LogP contribution is -2.18. The van der Waals surface area contributed by atoms with Crippen LogP contribution < -0.4 is 16.0 Å². The van der Waals surface area contributed by atoms with Gasteiger partial charge in [-0.25, -0.2) is 4.98 Å². The van der Waals surface area contributed by atoms with Crippen LogP contribution in [0.5, 0.6) is 5.75 Å². The van der Waals surface area contributed by atoms with Gasteiger partial charge in [0.05, 0.1) is 24.4 Å². The Balaban J connectivity index is 1.75. The number of ether oxygens (including phenoxy) is 1. The van der Waals surface area contributed by atoms with E-state index >= 15 is 0 Å². The summed E-state index contributed by atoms with van der Waals surface area (Å²) in [5.41, 5.74) is 6.80. The number of aromatic nitrogens is 2. The number of nitrogens with zero attached hydrogens (tertiary/aromatic N) is 2. The van der Waals surface area contributed by atoms with Gasteiger partial charge in [-0.2, -0.15) is 0 Å². The monoisotopic (exact) mass is 393 g/mol. The third-order valence-electron chi connectivity index (χ3n) is 4.46. The van der Waals surface area contributed by atoms with Gasteiger partial charge >= 0.3 is 0 Å². The van der Waals surface area contributed by atoms with E-state index in [9.17, 15) is 14.4 Å². The molecule has 2 heterocycles. The molecule has 140 valence electrons. The molecule has 28 heavy (non-hydrogen) atoms. The molecule has 1 amide bonds. The molecule has 0 unspecified atom stereocenters. The molecular weight excluding hydrogens is 378 g/mol. The molecule has 0 saturated heterocycles. The number of ketones is 1. The molecule has 0 atom stereocenters. The number of amides is 1. The van der Waals surface area contributed by atoms with Crippen molar-refractivity contribution in [2.24, 2.45) is 5.73 Å². The molecule has 0 fully saturated rings. The number of methoxy groups -OCH3 is 1. The summed E-state index contributed by atoms with van der Waals surface area (Å²) in [6.07, 6.45) is 0.0682. The highest BCUT2D eigenvalue weighted by Gasteiger charge is 2.16. The van der Waals surface area contributed by atoms with Crippen molar-refractivity contribution >= 4 is 38.9 Å². The van der Waals surface area contributed by atoms with E-state index in [0.717, 1.165) is 0 Å². The highest BCUT2D eigenvalue weighted by atomic mass is 32.1. The maximum atomic E-state index is 12.9. The molecule has 8 heteroatoms. The largest absolute Gasteiger partial charge is 0.497 e. The Bertz CT molecular complexity index is 1290. The van der Waals surface area contributed by atoms with Crippen molar-refractivity contribution in [2.75, 3.05) is 7.11 Å². The first-order valence-electron chi connectivity index (χ1n) is 8.38. The van der Waals surface area contributed by atoms with Gasteiger partial charge in [0.25, 0.3) is 5.56 Å². The quantitative estimate of drug-likeness (QED) is 0.525. The Kier molecular flexibility index (Phi) is 4.40. The average Bonchev–Trinajstić information content (AvgIpc) is 3.10. The number of rotatable bonds is 5. The van der Waals surface area contributed by atoms with Gasteiger partial charge in [-0.1, -0.05) is 0 Å². The number of primary amides is 1. The second-order valence-electron chi connectivity index (χ2n) is 6.19. The molecule has 0 aliphatic carbocycles. The van der Waals surface area contributed by atoms with Crippen LogP contribution in [-0.2, 0) is 6.42 Å². The number of Topliss-reactive ketones (excluding diaryl/α,β-unsaturated/α-hetero) is 1. The van der Waals surface area contributed by atoms with E-state index in [-0.39, 0.29) is 23.3 Å². The maximum absolute atomic E-state index is 12.9. The van der Waals surface area contributed by atoms with Gasteiger partial charge < -0.3 is 10.5 Å². The highest BCUT2D eigenvalue weighted by Crippen LogP contribution is 2.20. The summed E-state index contributed by atoms with van der Waals surface area (Å²) in [6.45, 7) is 0. The van der Waals surface area contributed by atoms with Crippen molar-refractivity contribution in [3.63, 3.8) is 0 Å². The van der Waals surface area contributed by atoms with Crippen LogP contribution in [-0.4, -0.2) is 28.2 Å². The zero-order chi connectivity index (χ0) is 19.8. The number of carbonyl (C=O) groups excluding carboxylic acids is 2. The number of hydrogen-bond acceptors (Lipinski definition) is 6. The molecule has 7 nitrogen and oxygen atoms in total. The fraction of sp³-hybridized carbons (Fsp3) is 0.100. The molecular formula is C20H15N3O4S. The summed E-state index contributed by atoms with van der Waals surface area (Å²) >= 11 is 1.26. The van der Waals surface area contributed by atoms with Crippen LogP contribution in [0.25, 0.3) is 15.9 Å². The Morgan fingerprint density at radius 3 is 2.54 bits per heavy atom. The second-order valence-corrected chi connectivity index (χ2v) is 7.02. The zero-order valence-corrected chi connectivity index (χ0v) is 15.7. The van der Waals surface area contributed by atoms with Gasteiger partial charge in [0, 0.05) is 22.2 Å². The summed E-state index contributed by atoms with van der Waals surface area (Å²) in [7, 11) is 1.56. The predicted octanol–water partition coefficient (Wildman–Crippen LogP) is 2.44. The highest BCUT2D eigenvalue weighted by molar-refractivity contribution is 7.15. The van der Waals surface area contributed by atoms with Gasteiger partial charge in [0.1, 0.15) is 5.75 Å². The van der Waals surface area contributed by atoms with Gasteiger partial charge in [0.2, 0.25) is 5.91 Å². The lowest BCUT2D eigenvalue weighted by Gasteiger charge is -2.05. The number of nitrogens with two attached hydrogens (primary N) is 1. The van der Waals surface area contributed by atoms with Gasteiger partial charge in [0.15, 0.2) is 10.7 Å². The predicted molar refractivity (Wildman–Crippen MR) is 106 cm³/mol. The van der Waals surface area contributed by atoms with Gasteiger partial charge in [-0.05, 0) is 42.5 Å². The van der Waals surface area contributed by atoms with E-state index < -0.39 is 5.91 Å². The summed E-state index contributed by atoms with van der Waals surface area (Å²) < 4.78 is 6.54. The Morgan fingerprint density at radius 2 is 1.86 bits per heavy atom. The molecule has 4 rings (SSSR count). The number of carbonyl (C=O) groups is 2. The molecule has 2 N–H and O–H groups in total. The number of benzene rings is 2. The number of thiazole rings is 1. The van der Waals surface area contributed by atoms with E-state index in [4.69, 9.17) is 10.5 Å². The van der Waals surface area contributed by atoms with Crippen LogP contribution in [0.4, 0.5) is 0 Å². The molecule has 0 radical (unpaired) electrons. The van der Waals surface area contributed by atoms with E-state index in [2.05, 4.69) is 4.98 Å². The van der Waals surface area contributed by atoms with Crippen molar-refractivity contribution < 1.29 is 14.3 Å². The van der Waals surface area contributed by atoms with Crippen LogP contribution in [0.15, 0.2) is 52.6 Å². The Hall–Kier alpha value is -3.52. The zero-order valence-electron chi connectivity index (χ0n) is 14.8. The first-order chi connectivity index (χ1) is 13.5. The average molecular weight is 393 g/mol. The van der Waals surface area contributed by atoms with Crippen molar-refractivity contribution in [3.8, 4) is 5.75 Å². The third kappa shape index (κ3) is 3.03. The molecule has 0 spiro atoms. The topological polar surface area (TPSA) is 104 Å². The summed E-state index contributed by atoms with van der Waals surface area (Å²) in [5, 5.41) is 2.11.